The zero-order valence-electron chi connectivity index (χ0n) is 15.6. The highest BCUT2D eigenvalue weighted by molar-refractivity contribution is 5.85. The van der Waals surface area contributed by atoms with Gasteiger partial charge in [0, 0.05) is 37.6 Å². The number of nitrogens with one attached hydrogen (secondary N) is 1. The second-order valence-corrected chi connectivity index (χ2v) is 7.73. The van der Waals surface area contributed by atoms with Gasteiger partial charge in [0.15, 0.2) is 0 Å². The molecule has 1 saturated heterocycles. The van der Waals surface area contributed by atoms with Gasteiger partial charge in [-0.15, -0.1) is 12.4 Å². The average molecular weight is 397 g/mol. The molecule has 2 heterocycles. The molecule has 4 nitrogen and oxygen atoms in total. The fraction of sp³-hybridized carbons (Fsp3) is 0.550. The molecule has 7 heteroatoms. The Bertz CT molecular complexity index is 741. The number of hydrogen-bond acceptors (Lipinski definition) is 3. The van der Waals surface area contributed by atoms with Gasteiger partial charge in [-0.1, -0.05) is 24.3 Å². The number of aromatic nitrogens is 2. The molecule has 0 radical (unpaired) electrons. The predicted octanol–water partition coefficient (Wildman–Crippen LogP) is 3.92. The van der Waals surface area contributed by atoms with Crippen LogP contribution in [-0.2, 0) is 20.1 Å². The molecule has 27 heavy (non-hydrogen) atoms. The monoisotopic (exact) mass is 396 g/mol. The van der Waals surface area contributed by atoms with Gasteiger partial charge in [-0.2, -0.15) is 0 Å². The lowest BCUT2D eigenvalue weighted by Gasteiger charge is -2.29. The first kappa shape index (κ1) is 20.2. The number of piperidine rings is 1. The van der Waals surface area contributed by atoms with E-state index in [2.05, 4.69) is 19.8 Å². The van der Waals surface area contributed by atoms with Gasteiger partial charge in [-0.25, -0.2) is 13.8 Å². The van der Waals surface area contributed by atoms with Crippen molar-refractivity contribution in [2.45, 2.75) is 44.8 Å². The van der Waals surface area contributed by atoms with Crippen molar-refractivity contribution >= 4 is 12.4 Å². The van der Waals surface area contributed by atoms with E-state index in [1.807, 2.05) is 31.6 Å². The molecule has 1 aliphatic heterocycles. The van der Waals surface area contributed by atoms with Crippen LogP contribution in [0.2, 0.25) is 0 Å². The number of imidazole rings is 1. The Morgan fingerprint density at radius 2 is 1.93 bits per heavy atom. The van der Waals surface area contributed by atoms with E-state index in [0.717, 1.165) is 37.6 Å². The van der Waals surface area contributed by atoms with Gasteiger partial charge in [-0.3, -0.25) is 4.90 Å². The molecule has 0 amide bonds. The summed E-state index contributed by atoms with van der Waals surface area (Å²) in [5.41, 5.74) is 1.60. The SMILES string of the molecule is Cl.Cn1ccnc1CN(Cc1ccc(C(F)F)cc1)C1CC12CCNCC2. The fourth-order valence-corrected chi connectivity index (χ4v) is 4.31. The molecular formula is C20H27ClF2N4. The van der Waals surface area contributed by atoms with E-state index in [-0.39, 0.29) is 18.0 Å². The maximum Gasteiger partial charge on any atom is 0.263 e. The molecule has 2 fully saturated rings. The minimum Gasteiger partial charge on any atom is -0.337 e. The molecule has 0 bridgehead atoms. The largest absolute Gasteiger partial charge is 0.337 e. The molecule has 1 aromatic heterocycles. The Morgan fingerprint density at radius 3 is 2.52 bits per heavy atom. The summed E-state index contributed by atoms with van der Waals surface area (Å²) in [6.07, 6.45) is 5.07. The topological polar surface area (TPSA) is 33.1 Å². The molecule has 1 aliphatic carbocycles. The van der Waals surface area contributed by atoms with Crippen LogP contribution < -0.4 is 5.32 Å². The van der Waals surface area contributed by atoms with Gasteiger partial charge in [-0.05, 0) is 43.3 Å². The number of halogens is 3. The molecule has 1 unspecified atom stereocenters. The first-order chi connectivity index (χ1) is 12.6. The van der Waals surface area contributed by atoms with E-state index in [1.165, 1.54) is 19.3 Å². The summed E-state index contributed by atoms with van der Waals surface area (Å²) in [7, 11) is 2.02. The van der Waals surface area contributed by atoms with Crippen molar-refractivity contribution in [3.63, 3.8) is 0 Å². The van der Waals surface area contributed by atoms with E-state index < -0.39 is 6.43 Å². The molecule has 1 spiro atoms. The maximum absolute atomic E-state index is 12.8. The third kappa shape index (κ3) is 4.33. The van der Waals surface area contributed by atoms with E-state index in [1.54, 1.807) is 12.1 Å². The minimum absolute atomic E-state index is 0. The summed E-state index contributed by atoms with van der Waals surface area (Å²) in [5, 5.41) is 3.46. The molecule has 148 valence electrons. The molecule has 1 saturated carbocycles. The summed E-state index contributed by atoms with van der Waals surface area (Å²) < 4.78 is 27.7. The van der Waals surface area contributed by atoms with Gasteiger partial charge >= 0.3 is 0 Å². The molecule has 2 aliphatic rings. The van der Waals surface area contributed by atoms with Crippen molar-refractivity contribution in [1.29, 1.82) is 0 Å². The average Bonchev–Trinajstić information content (AvgIpc) is 3.17. The lowest BCUT2D eigenvalue weighted by Crippen LogP contribution is -2.36. The van der Waals surface area contributed by atoms with E-state index in [0.29, 0.717) is 11.5 Å². The standard InChI is InChI=1S/C20H26F2N4.ClH/c1-25-11-10-24-18(25)14-26(17-12-20(17)6-8-23-9-7-20)13-15-2-4-16(5-3-15)19(21)22;/h2-5,10-11,17,19,23H,6-9,12-14H2,1H3;1H. The van der Waals surface area contributed by atoms with Crippen molar-refractivity contribution in [3.05, 3.63) is 53.6 Å². The summed E-state index contributed by atoms with van der Waals surface area (Å²) in [5.74, 6) is 1.05. The van der Waals surface area contributed by atoms with E-state index >= 15 is 0 Å². The number of aryl methyl sites for hydroxylation is 1. The Kier molecular flexibility index (Phi) is 6.18. The van der Waals surface area contributed by atoms with Crippen LogP contribution in [0.5, 0.6) is 0 Å². The van der Waals surface area contributed by atoms with Crippen molar-refractivity contribution in [1.82, 2.24) is 19.8 Å². The molecule has 1 atom stereocenters. The van der Waals surface area contributed by atoms with Crippen LogP contribution in [0.4, 0.5) is 8.78 Å². The van der Waals surface area contributed by atoms with Crippen LogP contribution in [0.25, 0.3) is 0 Å². The van der Waals surface area contributed by atoms with Gasteiger partial charge < -0.3 is 9.88 Å². The summed E-state index contributed by atoms with van der Waals surface area (Å²) >= 11 is 0. The van der Waals surface area contributed by atoms with Crippen LogP contribution in [0.3, 0.4) is 0 Å². The summed E-state index contributed by atoms with van der Waals surface area (Å²) in [6, 6.07) is 7.32. The summed E-state index contributed by atoms with van der Waals surface area (Å²) in [4.78, 5) is 6.98. The highest BCUT2D eigenvalue weighted by Crippen LogP contribution is 2.56. The van der Waals surface area contributed by atoms with Gasteiger partial charge in [0.05, 0.1) is 6.54 Å². The Labute approximate surface area is 165 Å². The Morgan fingerprint density at radius 1 is 1.22 bits per heavy atom. The predicted molar refractivity (Wildman–Crippen MR) is 104 cm³/mol. The molecular weight excluding hydrogens is 370 g/mol. The van der Waals surface area contributed by atoms with Gasteiger partial charge in [0.25, 0.3) is 6.43 Å². The second-order valence-electron chi connectivity index (χ2n) is 7.73. The van der Waals surface area contributed by atoms with Crippen molar-refractivity contribution in [2.75, 3.05) is 13.1 Å². The number of alkyl halides is 2. The highest BCUT2D eigenvalue weighted by atomic mass is 35.5. The quantitative estimate of drug-likeness (QED) is 0.803. The number of benzene rings is 1. The Hall–Kier alpha value is -1.50. The third-order valence-corrected chi connectivity index (χ3v) is 6.07. The Balaban J connectivity index is 0.00000210. The minimum atomic E-state index is -2.41. The molecule has 1 aromatic carbocycles. The normalized spacial score (nSPS) is 20.9. The van der Waals surface area contributed by atoms with Crippen LogP contribution in [0, 0.1) is 5.41 Å². The third-order valence-electron chi connectivity index (χ3n) is 6.07. The van der Waals surface area contributed by atoms with Crippen LogP contribution in [0.1, 0.15) is 42.6 Å². The number of rotatable bonds is 6. The first-order valence-electron chi connectivity index (χ1n) is 9.35. The van der Waals surface area contributed by atoms with Crippen LogP contribution in [-0.4, -0.2) is 33.6 Å². The van der Waals surface area contributed by atoms with Crippen molar-refractivity contribution < 1.29 is 8.78 Å². The molecule has 1 N–H and O–H groups in total. The maximum atomic E-state index is 12.8. The smallest absolute Gasteiger partial charge is 0.263 e. The fourth-order valence-electron chi connectivity index (χ4n) is 4.31. The number of hydrogen-bond donors (Lipinski definition) is 1. The lowest BCUT2D eigenvalue weighted by molar-refractivity contribution is 0.151. The second kappa shape index (κ2) is 8.25. The lowest BCUT2D eigenvalue weighted by atomic mass is 9.93. The zero-order valence-corrected chi connectivity index (χ0v) is 16.4. The number of nitrogens with zero attached hydrogens (tertiary/aromatic N) is 3. The molecule has 4 rings (SSSR count). The summed E-state index contributed by atoms with van der Waals surface area (Å²) in [6.45, 7) is 3.75. The van der Waals surface area contributed by atoms with Gasteiger partial charge in [0.2, 0.25) is 0 Å². The van der Waals surface area contributed by atoms with E-state index in [4.69, 9.17) is 0 Å². The zero-order chi connectivity index (χ0) is 18.1. The highest BCUT2D eigenvalue weighted by Gasteiger charge is 2.56. The van der Waals surface area contributed by atoms with Gasteiger partial charge in [0.1, 0.15) is 5.82 Å². The van der Waals surface area contributed by atoms with Crippen molar-refractivity contribution in [2.24, 2.45) is 12.5 Å². The van der Waals surface area contributed by atoms with Crippen LogP contribution >= 0.6 is 12.4 Å². The van der Waals surface area contributed by atoms with Crippen LogP contribution in [0.15, 0.2) is 36.7 Å². The first-order valence-corrected chi connectivity index (χ1v) is 9.35. The van der Waals surface area contributed by atoms with E-state index in [9.17, 15) is 8.78 Å². The van der Waals surface area contributed by atoms with Crippen molar-refractivity contribution in [3.8, 4) is 0 Å². The molecule has 2 aromatic rings.